The van der Waals surface area contributed by atoms with Crippen LogP contribution in [-0.2, 0) is 11.2 Å². The molecular weight excluding hydrogens is 350 g/mol. The number of amides is 1. The summed E-state index contributed by atoms with van der Waals surface area (Å²) in [5, 5.41) is 5.64. The number of nitrogens with one attached hydrogen (secondary N) is 1. The number of benzene rings is 1. The summed E-state index contributed by atoms with van der Waals surface area (Å²) in [4.78, 5) is 16.5. The van der Waals surface area contributed by atoms with E-state index in [1.54, 1.807) is 0 Å². The molecule has 0 unspecified atom stereocenters. The lowest BCUT2D eigenvalue weighted by molar-refractivity contribution is -0.115. The molecule has 2 heterocycles. The SMILES string of the molecule is O=C(Cc1csc(-n2cccc2)n1)Nc1ccc(Br)cc1. The van der Waals surface area contributed by atoms with Gasteiger partial charge in [0, 0.05) is 27.9 Å². The van der Waals surface area contributed by atoms with Gasteiger partial charge in [-0.25, -0.2) is 4.98 Å². The van der Waals surface area contributed by atoms with Crippen molar-refractivity contribution in [3.05, 3.63) is 64.3 Å². The normalized spacial score (nSPS) is 10.5. The topological polar surface area (TPSA) is 46.9 Å². The van der Waals surface area contributed by atoms with Crippen LogP contribution in [0.4, 0.5) is 5.69 Å². The van der Waals surface area contributed by atoms with Gasteiger partial charge in [0.1, 0.15) is 0 Å². The zero-order valence-electron chi connectivity index (χ0n) is 11.0. The third kappa shape index (κ3) is 3.59. The van der Waals surface area contributed by atoms with Gasteiger partial charge in [-0.2, -0.15) is 0 Å². The zero-order valence-corrected chi connectivity index (χ0v) is 13.4. The van der Waals surface area contributed by atoms with Crippen molar-refractivity contribution in [3.63, 3.8) is 0 Å². The Balaban J connectivity index is 1.64. The second-order valence-corrected chi connectivity index (χ2v) is 6.20. The van der Waals surface area contributed by atoms with E-state index in [-0.39, 0.29) is 12.3 Å². The first-order valence-electron chi connectivity index (χ1n) is 6.34. The molecule has 0 radical (unpaired) electrons. The van der Waals surface area contributed by atoms with E-state index in [1.165, 1.54) is 11.3 Å². The maximum Gasteiger partial charge on any atom is 0.230 e. The highest BCUT2D eigenvalue weighted by molar-refractivity contribution is 9.10. The van der Waals surface area contributed by atoms with E-state index in [1.807, 2.05) is 58.7 Å². The fourth-order valence-corrected chi connectivity index (χ4v) is 2.92. The van der Waals surface area contributed by atoms with E-state index >= 15 is 0 Å². The molecule has 0 fully saturated rings. The van der Waals surface area contributed by atoms with Crippen molar-refractivity contribution < 1.29 is 4.79 Å². The minimum Gasteiger partial charge on any atom is -0.326 e. The molecule has 1 amide bonds. The molecule has 3 rings (SSSR count). The minimum atomic E-state index is -0.0679. The number of hydrogen-bond acceptors (Lipinski definition) is 3. The van der Waals surface area contributed by atoms with Crippen LogP contribution in [-0.4, -0.2) is 15.5 Å². The summed E-state index contributed by atoms with van der Waals surface area (Å²) in [5.74, 6) is -0.0679. The van der Waals surface area contributed by atoms with Gasteiger partial charge in [0.15, 0.2) is 5.13 Å². The fraction of sp³-hybridized carbons (Fsp3) is 0.0667. The Labute approximate surface area is 134 Å². The van der Waals surface area contributed by atoms with Crippen molar-refractivity contribution in [1.29, 1.82) is 0 Å². The van der Waals surface area contributed by atoms with E-state index in [4.69, 9.17) is 0 Å². The number of carbonyl (C=O) groups excluding carboxylic acids is 1. The number of thiazole rings is 1. The van der Waals surface area contributed by atoms with Gasteiger partial charge < -0.3 is 9.88 Å². The summed E-state index contributed by atoms with van der Waals surface area (Å²) in [6, 6.07) is 11.4. The Morgan fingerprint density at radius 2 is 1.95 bits per heavy atom. The average Bonchev–Trinajstić information content (AvgIpc) is 3.12. The van der Waals surface area contributed by atoms with Crippen LogP contribution in [0, 0.1) is 0 Å². The van der Waals surface area contributed by atoms with Crippen molar-refractivity contribution in [3.8, 4) is 5.13 Å². The molecule has 0 spiro atoms. The molecule has 4 nitrogen and oxygen atoms in total. The van der Waals surface area contributed by atoms with Crippen molar-refractivity contribution in [2.24, 2.45) is 0 Å². The molecule has 6 heteroatoms. The van der Waals surface area contributed by atoms with E-state index in [2.05, 4.69) is 26.2 Å². The molecule has 3 aromatic rings. The smallest absolute Gasteiger partial charge is 0.230 e. The first kappa shape index (κ1) is 14.0. The van der Waals surface area contributed by atoms with Crippen molar-refractivity contribution >= 4 is 38.9 Å². The number of anilines is 1. The molecule has 2 aromatic heterocycles. The first-order chi connectivity index (χ1) is 10.2. The Morgan fingerprint density at radius 1 is 1.24 bits per heavy atom. The molecule has 106 valence electrons. The largest absolute Gasteiger partial charge is 0.326 e. The van der Waals surface area contributed by atoms with Crippen molar-refractivity contribution in [2.45, 2.75) is 6.42 Å². The third-order valence-electron chi connectivity index (χ3n) is 2.83. The van der Waals surface area contributed by atoms with Crippen LogP contribution in [0.2, 0.25) is 0 Å². The molecule has 0 saturated heterocycles. The Kier molecular flexibility index (Phi) is 4.17. The maximum absolute atomic E-state index is 12.0. The monoisotopic (exact) mass is 361 g/mol. The number of nitrogens with zero attached hydrogens (tertiary/aromatic N) is 2. The molecule has 1 N–H and O–H groups in total. The second kappa shape index (κ2) is 6.24. The molecular formula is C15H12BrN3OS. The quantitative estimate of drug-likeness (QED) is 0.766. The number of hydrogen-bond donors (Lipinski definition) is 1. The predicted octanol–water partition coefficient (Wildman–Crippen LogP) is 3.88. The van der Waals surface area contributed by atoms with Gasteiger partial charge in [-0.1, -0.05) is 15.9 Å². The average molecular weight is 362 g/mol. The Bertz CT molecular complexity index is 735. The van der Waals surface area contributed by atoms with Gasteiger partial charge in [-0.15, -0.1) is 11.3 Å². The van der Waals surface area contributed by atoms with Crippen LogP contribution in [0.15, 0.2) is 58.6 Å². The van der Waals surface area contributed by atoms with Gasteiger partial charge in [0.25, 0.3) is 0 Å². The minimum absolute atomic E-state index is 0.0679. The van der Waals surface area contributed by atoms with Crippen LogP contribution in [0.25, 0.3) is 5.13 Å². The van der Waals surface area contributed by atoms with Gasteiger partial charge >= 0.3 is 0 Å². The van der Waals surface area contributed by atoms with E-state index < -0.39 is 0 Å². The summed E-state index contributed by atoms with van der Waals surface area (Å²) in [6.07, 6.45) is 4.14. The molecule has 0 saturated carbocycles. The number of rotatable bonds is 4. The first-order valence-corrected chi connectivity index (χ1v) is 8.01. The lowest BCUT2D eigenvalue weighted by Crippen LogP contribution is -2.14. The fourth-order valence-electron chi connectivity index (χ4n) is 1.86. The van der Waals surface area contributed by atoms with Crippen LogP contribution < -0.4 is 5.32 Å². The van der Waals surface area contributed by atoms with Crippen LogP contribution in [0.1, 0.15) is 5.69 Å². The van der Waals surface area contributed by atoms with Crippen molar-refractivity contribution in [1.82, 2.24) is 9.55 Å². The van der Waals surface area contributed by atoms with Gasteiger partial charge in [0.05, 0.1) is 12.1 Å². The van der Waals surface area contributed by atoms with Gasteiger partial charge in [0.2, 0.25) is 5.91 Å². The molecule has 0 atom stereocenters. The van der Waals surface area contributed by atoms with Crippen LogP contribution in [0.3, 0.4) is 0 Å². The van der Waals surface area contributed by atoms with Gasteiger partial charge in [-0.05, 0) is 36.4 Å². The lowest BCUT2D eigenvalue weighted by Gasteiger charge is -2.03. The highest BCUT2D eigenvalue weighted by atomic mass is 79.9. The number of halogens is 1. The molecule has 1 aromatic carbocycles. The maximum atomic E-state index is 12.0. The number of carbonyl (C=O) groups is 1. The van der Waals surface area contributed by atoms with Crippen LogP contribution >= 0.6 is 27.3 Å². The molecule has 0 aliphatic rings. The summed E-state index contributed by atoms with van der Waals surface area (Å²) in [7, 11) is 0. The Hall–Kier alpha value is -1.92. The Morgan fingerprint density at radius 3 is 2.67 bits per heavy atom. The summed E-state index contributed by atoms with van der Waals surface area (Å²) >= 11 is 4.89. The van der Waals surface area contributed by atoms with Crippen LogP contribution in [0.5, 0.6) is 0 Å². The summed E-state index contributed by atoms with van der Waals surface area (Å²) < 4.78 is 2.91. The zero-order chi connectivity index (χ0) is 14.7. The molecule has 21 heavy (non-hydrogen) atoms. The highest BCUT2D eigenvalue weighted by Gasteiger charge is 2.08. The predicted molar refractivity (Wildman–Crippen MR) is 87.9 cm³/mol. The van der Waals surface area contributed by atoms with E-state index in [0.717, 1.165) is 21.0 Å². The van der Waals surface area contributed by atoms with E-state index in [9.17, 15) is 4.79 Å². The standard InChI is InChI=1S/C15H12BrN3OS/c16-11-3-5-12(6-4-11)17-14(20)9-13-10-21-15(18-13)19-7-1-2-8-19/h1-8,10H,9H2,(H,17,20). The molecule has 0 bridgehead atoms. The molecule has 0 aliphatic carbocycles. The number of aromatic nitrogens is 2. The summed E-state index contributed by atoms with van der Waals surface area (Å²) in [6.45, 7) is 0. The lowest BCUT2D eigenvalue weighted by atomic mass is 10.3. The third-order valence-corrected chi connectivity index (χ3v) is 4.27. The van der Waals surface area contributed by atoms with Crippen molar-refractivity contribution in [2.75, 3.05) is 5.32 Å². The van der Waals surface area contributed by atoms with Gasteiger partial charge in [-0.3, -0.25) is 4.79 Å². The second-order valence-electron chi connectivity index (χ2n) is 4.44. The summed E-state index contributed by atoms with van der Waals surface area (Å²) in [5.41, 5.74) is 1.56. The van der Waals surface area contributed by atoms with E-state index in [0.29, 0.717) is 0 Å². The highest BCUT2D eigenvalue weighted by Crippen LogP contribution is 2.17. The molecule has 0 aliphatic heterocycles.